The fraction of sp³-hybridized carbons (Fsp3) is 0.400. The van der Waals surface area contributed by atoms with Crippen LogP contribution in [0.1, 0.15) is 29.3 Å². The monoisotopic (exact) mass is 211 g/mol. The van der Waals surface area contributed by atoms with Crippen LogP contribution in [0.3, 0.4) is 0 Å². The molecule has 0 radical (unpaired) electrons. The van der Waals surface area contributed by atoms with Crippen LogP contribution in [-0.2, 0) is 11.4 Å². The molecule has 5 nitrogen and oxygen atoms in total. The summed E-state index contributed by atoms with van der Waals surface area (Å²) in [5.74, 6) is -0.139. The van der Waals surface area contributed by atoms with Gasteiger partial charge in [-0.15, -0.1) is 0 Å². The lowest BCUT2D eigenvalue weighted by atomic mass is 10.0. The second-order valence-electron chi connectivity index (χ2n) is 3.20. The number of aromatic nitrogens is 1. The van der Waals surface area contributed by atoms with E-state index < -0.39 is 12.7 Å². The van der Waals surface area contributed by atoms with Crippen LogP contribution in [0.15, 0.2) is 6.20 Å². The van der Waals surface area contributed by atoms with Gasteiger partial charge in [-0.05, 0) is 6.92 Å². The first-order valence-electron chi connectivity index (χ1n) is 4.51. The molecule has 0 bridgehead atoms. The summed E-state index contributed by atoms with van der Waals surface area (Å²) >= 11 is 0. The summed E-state index contributed by atoms with van der Waals surface area (Å²) in [6.45, 7) is 1.19. The lowest BCUT2D eigenvalue weighted by molar-refractivity contribution is -0.109. The molecule has 0 aliphatic rings. The highest BCUT2D eigenvalue weighted by atomic mass is 16.3. The smallest absolute Gasteiger partial charge is 0.142 e. The first-order chi connectivity index (χ1) is 7.11. The molecule has 1 aromatic heterocycles. The number of carbonyl (C=O) groups excluding carboxylic acids is 1. The topological polar surface area (TPSA) is 90.7 Å². The normalized spacial score (nSPS) is 12.5. The van der Waals surface area contributed by atoms with Gasteiger partial charge < -0.3 is 20.1 Å². The summed E-state index contributed by atoms with van der Waals surface area (Å²) in [7, 11) is 0. The average Bonchev–Trinajstić information content (AvgIpc) is 2.22. The number of hydrogen-bond acceptors (Lipinski definition) is 5. The van der Waals surface area contributed by atoms with Gasteiger partial charge in [-0.25, -0.2) is 0 Å². The number of aromatic hydroxyl groups is 1. The Bertz CT molecular complexity index is 365. The van der Waals surface area contributed by atoms with E-state index in [0.717, 1.165) is 0 Å². The molecule has 3 N–H and O–H groups in total. The maximum absolute atomic E-state index is 10.2. The van der Waals surface area contributed by atoms with Crippen LogP contribution in [0.25, 0.3) is 0 Å². The first kappa shape index (κ1) is 11.6. The Hall–Kier alpha value is -1.46. The van der Waals surface area contributed by atoms with Gasteiger partial charge in [-0.1, -0.05) is 0 Å². The third-order valence-corrected chi connectivity index (χ3v) is 2.21. The van der Waals surface area contributed by atoms with Crippen LogP contribution in [0.2, 0.25) is 0 Å². The second-order valence-corrected chi connectivity index (χ2v) is 3.20. The summed E-state index contributed by atoms with van der Waals surface area (Å²) in [5, 5.41) is 28.2. The Morgan fingerprint density at radius 3 is 2.80 bits per heavy atom. The van der Waals surface area contributed by atoms with Gasteiger partial charge in [0.2, 0.25) is 0 Å². The van der Waals surface area contributed by atoms with Gasteiger partial charge in [0.1, 0.15) is 12.0 Å². The van der Waals surface area contributed by atoms with Gasteiger partial charge in [0.15, 0.2) is 0 Å². The highest BCUT2D eigenvalue weighted by molar-refractivity contribution is 5.52. The van der Waals surface area contributed by atoms with E-state index in [-0.39, 0.29) is 23.3 Å². The molecule has 1 heterocycles. The van der Waals surface area contributed by atoms with Crippen molar-refractivity contribution in [2.24, 2.45) is 0 Å². The molecule has 1 unspecified atom stereocenters. The molecule has 15 heavy (non-hydrogen) atoms. The SMILES string of the molecule is Cc1ncc(C(O)CC=O)c(CO)c1O. The van der Waals surface area contributed by atoms with E-state index in [9.17, 15) is 15.0 Å². The molecule has 1 aromatic rings. The predicted molar refractivity (Wildman–Crippen MR) is 52.2 cm³/mol. The zero-order chi connectivity index (χ0) is 11.4. The number of nitrogens with zero attached hydrogens (tertiary/aromatic N) is 1. The van der Waals surface area contributed by atoms with Crippen molar-refractivity contribution >= 4 is 6.29 Å². The van der Waals surface area contributed by atoms with Gasteiger partial charge in [0, 0.05) is 23.7 Å². The molecule has 0 saturated carbocycles. The van der Waals surface area contributed by atoms with Crippen molar-refractivity contribution in [3.05, 3.63) is 23.0 Å². The molecule has 0 aliphatic carbocycles. The highest BCUT2D eigenvalue weighted by Gasteiger charge is 2.16. The summed E-state index contributed by atoms with van der Waals surface area (Å²) in [5.41, 5.74) is 0.880. The van der Waals surface area contributed by atoms with Crippen LogP contribution in [-0.4, -0.2) is 26.6 Å². The minimum absolute atomic E-state index is 0.0861. The number of pyridine rings is 1. The Labute approximate surface area is 87.0 Å². The van der Waals surface area contributed by atoms with Crippen molar-refractivity contribution in [2.75, 3.05) is 0 Å². The first-order valence-corrected chi connectivity index (χ1v) is 4.51. The number of carbonyl (C=O) groups is 1. The van der Waals surface area contributed by atoms with Crippen molar-refractivity contribution in [1.82, 2.24) is 4.98 Å². The van der Waals surface area contributed by atoms with E-state index in [1.165, 1.54) is 6.20 Å². The van der Waals surface area contributed by atoms with E-state index >= 15 is 0 Å². The Morgan fingerprint density at radius 1 is 1.60 bits per heavy atom. The summed E-state index contributed by atoms with van der Waals surface area (Å²) in [6.07, 6.45) is 0.804. The molecule has 1 rings (SSSR count). The highest BCUT2D eigenvalue weighted by Crippen LogP contribution is 2.28. The molecular formula is C10H13NO4. The maximum Gasteiger partial charge on any atom is 0.142 e. The Morgan fingerprint density at radius 2 is 2.27 bits per heavy atom. The van der Waals surface area contributed by atoms with Gasteiger partial charge >= 0.3 is 0 Å². The molecule has 0 saturated heterocycles. The third kappa shape index (κ3) is 2.31. The Kier molecular flexibility index (Phi) is 3.76. The number of aldehydes is 1. The summed E-state index contributed by atoms with van der Waals surface area (Å²) < 4.78 is 0. The molecule has 0 fully saturated rings. The van der Waals surface area contributed by atoms with E-state index in [0.29, 0.717) is 12.0 Å². The number of hydrogen-bond donors (Lipinski definition) is 3. The molecule has 82 valence electrons. The van der Waals surface area contributed by atoms with Gasteiger partial charge in [0.25, 0.3) is 0 Å². The van der Waals surface area contributed by atoms with Crippen LogP contribution in [0.4, 0.5) is 0 Å². The zero-order valence-corrected chi connectivity index (χ0v) is 8.34. The quantitative estimate of drug-likeness (QED) is 0.619. The summed E-state index contributed by atoms with van der Waals surface area (Å²) in [4.78, 5) is 14.1. The van der Waals surface area contributed by atoms with Gasteiger partial charge in [-0.3, -0.25) is 4.98 Å². The standard InChI is InChI=1S/C10H13NO4/c1-6-10(15)8(5-13)7(4-11-6)9(14)2-3-12/h3-4,9,13-15H,2,5H2,1H3. The molecular weight excluding hydrogens is 198 g/mol. The minimum atomic E-state index is -1.04. The number of aliphatic hydroxyl groups is 2. The van der Waals surface area contributed by atoms with Crippen LogP contribution in [0.5, 0.6) is 5.75 Å². The van der Waals surface area contributed by atoms with Crippen molar-refractivity contribution in [1.29, 1.82) is 0 Å². The van der Waals surface area contributed by atoms with Crippen molar-refractivity contribution in [3.63, 3.8) is 0 Å². The predicted octanol–water partition coefficient (Wildman–Crippen LogP) is 0.210. The van der Waals surface area contributed by atoms with Crippen molar-refractivity contribution in [3.8, 4) is 5.75 Å². The average molecular weight is 211 g/mol. The van der Waals surface area contributed by atoms with E-state index in [1.54, 1.807) is 6.92 Å². The lowest BCUT2D eigenvalue weighted by Crippen LogP contribution is -2.05. The van der Waals surface area contributed by atoms with E-state index in [2.05, 4.69) is 4.98 Å². The fourth-order valence-electron chi connectivity index (χ4n) is 1.33. The maximum atomic E-state index is 10.2. The second kappa shape index (κ2) is 4.86. The minimum Gasteiger partial charge on any atom is -0.506 e. The van der Waals surface area contributed by atoms with Gasteiger partial charge in [-0.2, -0.15) is 0 Å². The third-order valence-electron chi connectivity index (χ3n) is 2.21. The zero-order valence-electron chi connectivity index (χ0n) is 8.34. The number of rotatable bonds is 4. The lowest BCUT2D eigenvalue weighted by Gasteiger charge is -2.14. The fourth-order valence-corrected chi connectivity index (χ4v) is 1.33. The van der Waals surface area contributed by atoms with Gasteiger partial charge in [0.05, 0.1) is 18.4 Å². The molecule has 1 atom stereocenters. The Balaban J connectivity index is 3.17. The van der Waals surface area contributed by atoms with Crippen LogP contribution < -0.4 is 0 Å². The molecule has 0 aromatic carbocycles. The van der Waals surface area contributed by atoms with Crippen molar-refractivity contribution in [2.45, 2.75) is 26.1 Å². The number of aryl methyl sites for hydroxylation is 1. The molecule has 0 amide bonds. The summed E-state index contributed by atoms with van der Waals surface area (Å²) in [6, 6.07) is 0. The van der Waals surface area contributed by atoms with Crippen molar-refractivity contribution < 1.29 is 20.1 Å². The van der Waals surface area contributed by atoms with E-state index in [4.69, 9.17) is 5.11 Å². The number of aliphatic hydroxyl groups excluding tert-OH is 2. The molecule has 0 aliphatic heterocycles. The van der Waals surface area contributed by atoms with E-state index in [1.807, 2.05) is 0 Å². The largest absolute Gasteiger partial charge is 0.506 e. The van der Waals surface area contributed by atoms with Crippen LogP contribution >= 0.6 is 0 Å². The molecule has 5 heteroatoms. The molecule has 0 spiro atoms. The van der Waals surface area contributed by atoms with Crippen LogP contribution in [0, 0.1) is 6.92 Å².